The van der Waals surface area contributed by atoms with Gasteiger partial charge in [-0.05, 0) is 44.2 Å². The minimum atomic E-state index is -3.50. The summed E-state index contributed by atoms with van der Waals surface area (Å²) in [5.74, 6) is 0. The average Bonchev–Trinajstić information content (AvgIpc) is 2.31. The van der Waals surface area contributed by atoms with Crippen LogP contribution in [0.4, 0.5) is 0 Å². The third kappa shape index (κ3) is 4.58. The maximum atomic E-state index is 12.2. The average molecular weight is 286 g/mol. The molecule has 0 aliphatic rings. The number of hydrogen-bond donors (Lipinski definition) is 2. The molecule has 0 saturated heterocycles. The minimum Gasteiger partial charge on any atom is -0.383 e. The number of ether oxygens (including phenoxy) is 1. The molecule has 1 aromatic carbocycles. The van der Waals surface area contributed by atoms with Gasteiger partial charge in [0.25, 0.3) is 0 Å². The van der Waals surface area contributed by atoms with Crippen molar-refractivity contribution in [2.45, 2.75) is 31.3 Å². The number of hydrogen-bond acceptors (Lipinski definition) is 4. The van der Waals surface area contributed by atoms with Crippen LogP contribution in [0.5, 0.6) is 0 Å². The van der Waals surface area contributed by atoms with Gasteiger partial charge in [0.15, 0.2) is 0 Å². The van der Waals surface area contributed by atoms with Crippen LogP contribution in [0.1, 0.15) is 18.1 Å². The van der Waals surface area contributed by atoms with E-state index in [1.807, 2.05) is 20.0 Å². The molecule has 0 aromatic heterocycles. The number of aryl methyl sites for hydroxylation is 1. The smallest absolute Gasteiger partial charge is 0.240 e. The molecule has 1 atom stereocenters. The molecule has 0 aliphatic carbocycles. The highest BCUT2D eigenvalue weighted by atomic mass is 32.2. The molecule has 6 heteroatoms. The summed E-state index contributed by atoms with van der Waals surface area (Å²) < 4.78 is 31.9. The monoisotopic (exact) mass is 286 g/mol. The van der Waals surface area contributed by atoms with Gasteiger partial charge in [-0.3, -0.25) is 0 Å². The third-order valence-corrected chi connectivity index (χ3v) is 4.36. The molecule has 0 amide bonds. The number of sulfonamides is 1. The van der Waals surface area contributed by atoms with Gasteiger partial charge in [-0.25, -0.2) is 13.1 Å². The van der Waals surface area contributed by atoms with Gasteiger partial charge >= 0.3 is 0 Å². The lowest BCUT2D eigenvalue weighted by molar-refractivity contribution is 0.180. The number of nitrogens with one attached hydrogen (secondary N) is 2. The maximum Gasteiger partial charge on any atom is 0.240 e. The van der Waals surface area contributed by atoms with Crippen molar-refractivity contribution in [3.63, 3.8) is 0 Å². The number of methoxy groups -OCH3 is 1. The third-order valence-electron chi connectivity index (χ3n) is 2.77. The molecule has 0 aliphatic heterocycles. The lowest BCUT2D eigenvalue weighted by Crippen LogP contribution is -2.35. The largest absolute Gasteiger partial charge is 0.383 e. The molecule has 108 valence electrons. The Morgan fingerprint density at radius 1 is 1.37 bits per heavy atom. The van der Waals surface area contributed by atoms with Gasteiger partial charge in [-0.2, -0.15) is 0 Å². The highest BCUT2D eigenvalue weighted by Gasteiger charge is 2.18. The van der Waals surface area contributed by atoms with E-state index in [1.165, 1.54) is 0 Å². The fraction of sp³-hybridized carbons (Fsp3) is 0.538. The Morgan fingerprint density at radius 2 is 2.05 bits per heavy atom. The van der Waals surface area contributed by atoms with Crippen LogP contribution in [0.15, 0.2) is 23.1 Å². The van der Waals surface area contributed by atoms with E-state index in [0.717, 1.165) is 11.1 Å². The van der Waals surface area contributed by atoms with E-state index in [2.05, 4.69) is 10.0 Å². The first-order valence-electron chi connectivity index (χ1n) is 6.16. The van der Waals surface area contributed by atoms with Crippen molar-refractivity contribution in [3.8, 4) is 0 Å². The SMILES string of the molecule is CNCc1cc(S(=O)(=O)NC(C)COC)ccc1C. The van der Waals surface area contributed by atoms with Crippen molar-refractivity contribution in [1.82, 2.24) is 10.0 Å². The van der Waals surface area contributed by atoms with Crippen molar-refractivity contribution in [2.24, 2.45) is 0 Å². The molecule has 0 fully saturated rings. The zero-order chi connectivity index (χ0) is 14.5. The fourth-order valence-corrected chi connectivity index (χ4v) is 3.09. The van der Waals surface area contributed by atoms with E-state index in [9.17, 15) is 8.42 Å². The van der Waals surface area contributed by atoms with E-state index in [-0.39, 0.29) is 10.9 Å². The normalized spacial score (nSPS) is 13.5. The van der Waals surface area contributed by atoms with E-state index >= 15 is 0 Å². The zero-order valence-corrected chi connectivity index (χ0v) is 12.7. The van der Waals surface area contributed by atoms with Crippen molar-refractivity contribution >= 4 is 10.0 Å². The Hall–Kier alpha value is -0.950. The second-order valence-electron chi connectivity index (χ2n) is 4.60. The van der Waals surface area contributed by atoms with Crippen molar-refractivity contribution in [1.29, 1.82) is 0 Å². The predicted octanol–water partition coefficient (Wildman–Crippen LogP) is 1.03. The summed E-state index contributed by atoms with van der Waals surface area (Å²) in [6.45, 7) is 4.71. The van der Waals surface area contributed by atoms with Crippen LogP contribution in [0.2, 0.25) is 0 Å². The van der Waals surface area contributed by atoms with Gasteiger partial charge in [-0.1, -0.05) is 6.07 Å². The molecule has 1 rings (SSSR count). The summed E-state index contributed by atoms with van der Waals surface area (Å²) in [4.78, 5) is 0.284. The Labute approximate surface area is 115 Å². The standard InChI is InChI=1S/C13H22N2O3S/c1-10-5-6-13(7-12(10)8-14-3)19(16,17)15-11(2)9-18-4/h5-7,11,14-15H,8-9H2,1-4H3. The predicted molar refractivity (Wildman–Crippen MR) is 75.6 cm³/mol. The Bertz CT molecular complexity index is 515. The number of benzene rings is 1. The van der Waals surface area contributed by atoms with Crippen molar-refractivity contribution in [2.75, 3.05) is 20.8 Å². The molecule has 0 heterocycles. The summed E-state index contributed by atoms with van der Waals surface area (Å²) in [7, 11) is -0.121. The molecule has 0 saturated carbocycles. The second-order valence-corrected chi connectivity index (χ2v) is 6.31. The van der Waals surface area contributed by atoms with Crippen LogP contribution in [0.25, 0.3) is 0 Å². The molecule has 1 unspecified atom stereocenters. The molecule has 0 spiro atoms. The summed E-state index contributed by atoms with van der Waals surface area (Å²) in [5.41, 5.74) is 2.04. The van der Waals surface area contributed by atoms with Gasteiger partial charge in [-0.15, -0.1) is 0 Å². The molecule has 1 aromatic rings. The first-order valence-corrected chi connectivity index (χ1v) is 7.64. The molecule has 0 bridgehead atoms. The zero-order valence-electron chi connectivity index (χ0n) is 11.9. The van der Waals surface area contributed by atoms with Gasteiger partial charge in [0.2, 0.25) is 10.0 Å². The maximum absolute atomic E-state index is 12.2. The first-order chi connectivity index (χ1) is 8.90. The van der Waals surface area contributed by atoms with E-state index < -0.39 is 10.0 Å². The van der Waals surface area contributed by atoms with Crippen LogP contribution in [-0.4, -0.2) is 35.2 Å². The summed E-state index contributed by atoms with van der Waals surface area (Å²) >= 11 is 0. The van der Waals surface area contributed by atoms with E-state index in [0.29, 0.717) is 13.2 Å². The highest BCUT2D eigenvalue weighted by Crippen LogP contribution is 2.16. The lowest BCUT2D eigenvalue weighted by Gasteiger charge is -2.14. The van der Waals surface area contributed by atoms with Crippen molar-refractivity contribution in [3.05, 3.63) is 29.3 Å². The van der Waals surface area contributed by atoms with Gasteiger partial charge < -0.3 is 10.1 Å². The van der Waals surface area contributed by atoms with Gasteiger partial charge in [0.05, 0.1) is 11.5 Å². The summed E-state index contributed by atoms with van der Waals surface area (Å²) in [5, 5.41) is 3.03. The Balaban J connectivity index is 2.98. The summed E-state index contributed by atoms with van der Waals surface area (Å²) in [6.07, 6.45) is 0. The molecule has 5 nitrogen and oxygen atoms in total. The van der Waals surface area contributed by atoms with E-state index in [4.69, 9.17) is 4.74 Å². The molecule has 0 radical (unpaired) electrons. The van der Waals surface area contributed by atoms with Crippen LogP contribution >= 0.6 is 0 Å². The van der Waals surface area contributed by atoms with Gasteiger partial charge in [0, 0.05) is 19.7 Å². The highest BCUT2D eigenvalue weighted by molar-refractivity contribution is 7.89. The summed E-state index contributed by atoms with van der Waals surface area (Å²) in [6, 6.07) is 4.88. The quantitative estimate of drug-likeness (QED) is 0.785. The first kappa shape index (κ1) is 16.1. The van der Waals surface area contributed by atoms with Gasteiger partial charge in [0.1, 0.15) is 0 Å². The fourth-order valence-electron chi connectivity index (χ4n) is 1.81. The number of rotatable bonds is 7. The molecule has 19 heavy (non-hydrogen) atoms. The Morgan fingerprint density at radius 3 is 2.63 bits per heavy atom. The lowest BCUT2D eigenvalue weighted by atomic mass is 10.1. The molecule has 2 N–H and O–H groups in total. The Kier molecular flexibility index (Phi) is 5.93. The molecular formula is C13H22N2O3S. The topological polar surface area (TPSA) is 67.4 Å². The molecular weight excluding hydrogens is 264 g/mol. The van der Waals surface area contributed by atoms with Crippen LogP contribution in [0.3, 0.4) is 0 Å². The van der Waals surface area contributed by atoms with Crippen LogP contribution in [0, 0.1) is 6.92 Å². The van der Waals surface area contributed by atoms with Crippen LogP contribution in [-0.2, 0) is 21.3 Å². The van der Waals surface area contributed by atoms with E-state index in [1.54, 1.807) is 26.2 Å². The minimum absolute atomic E-state index is 0.260. The van der Waals surface area contributed by atoms with Crippen molar-refractivity contribution < 1.29 is 13.2 Å². The van der Waals surface area contributed by atoms with Crippen LogP contribution < -0.4 is 10.0 Å². The second kappa shape index (κ2) is 7.00.